The van der Waals surface area contributed by atoms with Crippen molar-refractivity contribution in [2.45, 2.75) is 18.8 Å². The molecule has 6 nitrogen and oxygen atoms in total. The SMILES string of the molecule is NC(=O)Nc1cccc(C(=O)N2CCC(c3c[nH]c4ccccc34)CC2)c1. The Morgan fingerprint density at radius 1 is 1.07 bits per heavy atom. The van der Waals surface area contributed by atoms with E-state index in [2.05, 4.69) is 34.7 Å². The molecule has 1 aromatic heterocycles. The van der Waals surface area contributed by atoms with Gasteiger partial charge in [0.25, 0.3) is 5.91 Å². The molecule has 138 valence electrons. The van der Waals surface area contributed by atoms with Crippen LogP contribution in [0.1, 0.15) is 34.7 Å². The zero-order valence-electron chi connectivity index (χ0n) is 14.9. The lowest BCUT2D eigenvalue weighted by Crippen LogP contribution is -2.37. The number of nitrogens with one attached hydrogen (secondary N) is 2. The second-order valence-electron chi connectivity index (χ2n) is 6.93. The van der Waals surface area contributed by atoms with Crippen molar-refractivity contribution in [3.8, 4) is 0 Å². The van der Waals surface area contributed by atoms with Gasteiger partial charge in [-0.15, -0.1) is 0 Å². The van der Waals surface area contributed by atoms with Crippen molar-refractivity contribution in [2.75, 3.05) is 18.4 Å². The lowest BCUT2D eigenvalue weighted by atomic mass is 9.89. The van der Waals surface area contributed by atoms with E-state index in [9.17, 15) is 9.59 Å². The minimum atomic E-state index is -0.640. The molecule has 2 heterocycles. The molecule has 4 rings (SSSR count). The number of benzene rings is 2. The molecule has 0 radical (unpaired) electrons. The van der Waals surface area contributed by atoms with Crippen LogP contribution in [0.4, 0.5) is 10.5 Å². The molecular weight excluding hydrogens is 340 g/mol. The maximum absolute atomic E-state index is 12.8. The summed E-state index contributed by atoms with van der Waals surface area (Å²) in [6.07, 6.45) is 3.98. The molecule has 1 aliphatic rings. The summed E-state index contributed by atoms with van der Waals surface area (Å²) in [4.78, 5) is 29.1. The second-order valence-corrected chi connectivity index (χ2v) is 6.93. The minimum absolute atomic E-state index is 0.0134. The number of aromatic amines is 1. The maximum Gasteiger partial charge on any atom is 0.316 e. The van der Waals surface area contributed by atoms with Gasteiger partial charge >= 0.3 is 6.03 Å². The number of amides is 3. The predicted molar refractivity (Wildman–Crippen MR) is 106 cm³/mol. The predicted octanol–water partition coefficient (Wildman–Crippen LogP) is 3.68. The molecule has 0 aliphatic carbocycles. The van der Waals surface area contributed by atoms with Gasteiger partial charge in [-0.1, -0.05) is 24.3 Å². The number of hydrogen-bond donors (Lipinski definition) is 3. The highest BCUT2D eigenvalue weighted by molar-refractivity contribution is 5.96. The average Bonchev–Trinajstić information content (AvgIpc) is 3.11. The Hall–Kier alpha value is -3.28. The van der Waals surface area contributed by atoms with Crippen LogP contribution in [0.2, 0.25) is 0 Å². The van der Waals surface area contributed by atoms with Crippen LogP contribution in [0.5, 0.6) is 0 Å². The van der Waals surface area contributed by atoms with E-state index in [-0.39, 0.29) is 5.91 Å². The zero-order valence-corrected chi connectivity index (χ0v) is 14.9. The van der Waals surface area contributed by atoms with E-state index in [1.807, 2.05) is 11.0 Å². The molecule has 27 heavy (non-hydrogen) atoms. The zero-order chi connectivity index (χ0) is 18.8. The molecule has 3 amide bonds. The summed E-state index contributed by atoms with van der Waals surface area (Å²) in [5.41, 5.74) is 8.73. The molecule has 4 N–H and O–H groups in total. The van der Waals surface area contributed by atoms with Crippen LogP contribution >= 0.6 is 0 Å². The van der Waals surface area contributed by atoms with Gasteiger partial charge in [-0.3, -0.25) is 4.79 Å². The van der Waals surface area contributed by atoms with E-state index in [0.717, 1.165) is 31.4 Å². The summed E-state index contributed by atoms with van der Waals surface area (Å²) in [5, 5.41) is 3.78. The number of primary amides is 1. The number of carbonyl (C=O) groups excluding carboxylic acids is 2. The van der Waals surface area contributed by atoms with Crippen LogP contribution in [0.15, 0.2) is 54.7 Å². The van der Waals surface area contributed by atoms with Crippen molar-refractivity contribution >= 4 is 28.5 Å². The van der Waals surface area contributed by atoms with Crippen molar-refractivity contribution in [1.29, 1.82) is 0 Å². The lowest BCUT2D eigenvalue weighted by Gasteiger charge is -2.32. The van der Waals surface area contributed by atoms with Gasteiger partial charge in [0.05, 0.1) is 0 Å². The highest BCUT2D eigenvalue weighted by atomic mass is 16.2. The van der Waals surface area contributed by atoms with Crippen LogP contribution in [0.25, 0.3) is 10.9 Å². The maximum atomic E-state index is 12.8. The number of nitrogens with two attached hydrogens (primary N) is 1. The highest BCUT2D eigenvalue weighted by Gasteiger charge is 2.26. The second kappa shape index (κ2) is 7.15. The van der Waals surface area contributed by atoms with Gasteiger partial charge in [0.2, 0.25) is 0 Å². The smallest absolute Gasteiger partial charge is 0.316 e. The summed E-state index contributed by atoms with van der Waals surface area (Å²) >= 11 is 0. The largest absolute Gasteiger partial charge is 0.361 e. The molecule has 2 aromatic carbocycles. The standard InChI is InChI=1S/C21H22N4O2/c22-21(27)24-16-5-3-4-15(12-16)20(26)25-10-8-14(9-11-25)18-13-23-19-7-2-1-6-17(18)19/h1-7,12-14,23H,8-11H2,(H3,22,24,27). The first-order valence-corrected chi connectivity index (χ1v) is 9.13. The van der Waals surface area contributed by atoms with E-state index in [1.54, 1.807) is 24.3 Å². The number of urea groups is 1. The number of aromatic nitrogens is 1. The summed E-state index contributed by atoms with van der Waals surface area (Å²) in [6.45, 7) is 1.44. The fourth-order valence-electron chi connectivity index (χ4n) is 3.88. The fourth-order valence-corrected chi connectivity index (χ4v) is 3.88. The van der Waals surface area contributed by atoms with E-state index in [0.29, 0.717) is 17.2 Å². The Balaban J connectivity index is 1.44. The number of anilines is 1. The van der Waals surface area contributed by atoms with E-state index < -0.39 is 6.03 Å². The third-order valence-corrected chi connectivity index (χ3v) is 5.22. The van der Waals surface area contributed by atoms with Crippen LogP contribution in [-0.4, -0.2) is 34.9 Å². The van der Waals surface area contributed by atoms with Gasteiger partial charge in [0.15, 0.2) is 0 Å². The first-order valence-electron chi connectivity index (χ1n) is 9.13. The molecule has 0 saturated carbocycles. The third-order valence-electron chi connectivity index (χ3n) is 5.22. The van der Waals surface area contributed by atoms with Gasteiger partial charge < -0.3 is 20.9 Å². The summed E-state index contributed by atoms with van der Waals surface area (Å²) in [5.74, 6) is 0.438. The number of piperidine rings is 1. The number of fused-ring (bicyclic) bond motifs is 1. The van der Waals surface area contributed by atoms with Crippen LogP contribution in [-0.2, 0) is 0 Å². The monoisotopic (exact) mass is 362 g/mol. The van der Waals surface area contributed by atoms with Gasteiger partial charge in [-0.25, -0.2) is 4.79 Å². The Kier molecular flexibility index (Phi) is 4.54. The van der Waals surface area contributed by atoms with Gasteiger partial charge in [-0.2, -0.15) is 0 Å². The number of H-pyrrole nitrogens is 1. The van der Waals surface area contributed by atoms with E-state index in [1.165, 1.54) is 10.9 Å². The number of rotatable bonds is 3. The lowest BCUT2D eigenvalue weighted by molar-refractivity contribution is 0.0713. The van der Waals surface area contributed by atoms with Crippen molar-refractivity contribution in [3.63, 3.8) is 0 Å². The number of likely N-dealkylation sites (tertiary alicyclic amines) is 1. The van der Waals surface area contributed by atoms with Gasteiger partial charge in [-0.05, 0) is 48.6 Å². The highest BCUT2D eigenvalue weighted by Crippen LogP contribution is 2.33. The van der Waals surface area contributed by atoms with Gasteiger partial charge in [0.1, 0.15) is 0 Å². The molecule has 1 aliphatic heterocycles. The fraction of sp³-hybridized carbons (Fsp3) is 0.238. The molecule has 6 heteroatoms. The van der Waals surface area contributed by atoms with Crippen LogP contribution in [0, 0.1) is 0 Å². The summed E-state index contributed by atoms with van der Waals surface area (Å²) in [6, 6.07) is 14.6. The molecular formula is C21H22N4O2. The Labute approximate surface area is 157 Å². The van der Waals surface area contributed by atoms with E-state index in [4.69, 9.17) is 5.73 Å². The molecule has 1 fully saturated rings. The molecule has 1 saturated heterocycles. The number of para-hydroxylation sites is 1. The summed E-state index contributed by atoms with van der Waals surface area (Å²) in [7, 11) is 0. The Morgan fingerprint density at radius 3 is 2.63 bits per heavy atom. The van der Waals surface area contributed by atoms with E-state index >= 15 is 0 Å². The number of carbonyl (C=O) groups is 2. The topological polar surface area (TPSA) is 91.2 Å². The number of hydrogen-bond acceptors (Lipinski definition) is 2. The molecule has 0 atom stereocenters. The molecule has 0 bridgehead atoms. The molecule has 0 spiro atoms. The van der Waals surface area contributed by atoms with Crippen LogP contribution < -0.4 is 11.1 Å². The van der Waals surface area contributed by atoms with Crippen molar-refractivity contribution < 1.29 is 9.59 Å². The van der Waals surface area contributed by atoms with Crippen molar-refractivity contribution in [3.05, 3.63) is 65.9 Å². The van der Waals surface area contributed by atoms with Crippen molar-refractivity contribution in [2.24, 2.45) is 5.73 Å². The first-order chi connectivity index (χ1) is 13.1. The quantitative estimate of drug-likeness (QED) is 0.663. The van der Waals surface area contributed by atoms with Gasteiger partial charge in [0, 0.05) is 41.4 Å². The molecule has 0 unspecified atom stereocenters. The van der Waals surface area contributed by atoms with Crippen molar-refractivity contribution in [1.82, 2.24) is 9.88 Å². The minimum Gasteiger partial charge on any atom is -0.361 e. The normalized spacial score (nSPS) is 15.0. The first kappa shape index (κ1) is 17.1. The average molecular weight is 362 g/mol. The Morgan fingerprint density at radius 2 is 1.85 bits per heavy atom. The third kappa shape index (κ3) is 3.51. The molecule has 3 aromatic rings. The Bertz CT molecular complexity index is 987. The number of nitrogens with zero attached hydrogens (tertiary/aromatic N) is 1. The summed E-state index contributed by atoms with van der Waals surface area (Å²) < 4.78 is 0. The van der Waals surface area contributed by atoms with Crippen LogP contribution in [0.3, 0.4) is 0 Å².